The number of aryl methyl sites for hydroxylation is 1. The molecule has 0 spiro atoms. The lowest BCUT2D eigenvalue weighted by Gasteiger charge is -2.06. The molecule has 1 aliphatic carbocycles. The highest BCUT2D eigenvalue weighted by Crippen LogP contribution is 2.30. The first-order valence-corrected chi connectivity index (χ1v) is 5.55. The quantitative estimate of drug-likeness (QED) is 0.728. The molecule has 1 nitrogen and oxygen atoms in total. The number of nitrogens with zero attached hydrogens (tertiary/aromatic N) is 1. The third-order valence-electron chi connectivity index (χ3n) is 2.74. The second-order valence-electron chi connectivity index (χ2n) is 4.09. The summed E-state index contributed by atoms with van der Waals surface area (Å²) in [4.78, 5) is 4.22. The molecule has 1 heterocycles. The van der Waals surface area contributed by atoms with Crippen molar-refractivity contribution in [2.24, 2.45) is 0 Å². The highest BCUT2D eigenvalue weighted by Gasteiger charge is 2.31. The Kier molecular flexibility index (Phi) is 3.36. The SMILES string of the molecule is Cc1cccnc1C1=CC=C(C(F)(F)F)C=CC1. The lowest BCUT2D eigenvalue weighted by molar-refractivity contribution is -0.0881. The van der Waals surface area contributed by atoms with E-state index in [0.717, 1.165) is 29.0 Å². The first kappa shape index (κ1) is 12.6. The molecule has 0 bridgehead atoms. The molecule has 94 valence electrons. The minimum Gasteiger partial charge on any atom is -0.256 e. The third kappa shape index (κ3) is 2.70. The molecule has 0 saturated carbocycles. The Bertz CT molecular complexity index is 536. The molecule has 0 aromatic carbocycles. The molecular formula is C14H12F3N. The maximum Gasteiger partial charge on any atom is 0.416 e. The minimum absolute atomic E-state index is 0.452. The summed E-state index contributed by atoms with van der Waals surface area (Å²) in [5.74, 6) is 0. The maximum atomic E-state index is 12.6. The Hall–Kier alpha value is -1.84. The van der Waals surface area contributed by atoms with E-state index in [1.54, 1.807) is 6.20 Å². The van der Waals surface area contributed by atoms with E-state index in [2.05, 4.69) is 4.98 Å². The van der Waals surface area contributed by atoms with Crippen LogP contribution in [0.1, 0.15) is 17.7 Å². The smallest absolute Gasteiger partial charge is 0.256 e. The van der Waals surface area contributed by atoms with Gasteiger partial charge in [0.05, 0.1) is 11.3 Å². The van der Waals surface area contributed by atoms with E-state index in [1.165, 1.54) is 12.2 Å². The molecule has 0 fully saturated rings. The van der Waals surface area contributed by atoms with Crippen molar-refractivity contribution in [2.75, 3.05) is 0 Å². The fraction of sp³-hybridized carbons (Fsp3) is 0.214. The van der Waals surface area contributed by atoms with E-state index < -0.39 is 11.7 Å². The van der Waals surface area contributed by atoms with Crippen LogP contribution >= 0.6 is 0 Å². The van der Waals surface area contributed by atoms with Gasteiger partial charge in [-0.1, -0.05) is 24.3 Å². The molecule has 2 rings (SSSR count). The van der Waals surface area contributed by atoms with Gasteiger partial charge in [0.15, 0.2) is 0 Å². The number of aromatic nitrogens is 1. The van der Waals surface area contributed by atoms with Crippen molar-refractivity contribution < 1.29 is 13.2 Å². The summed E-state index contributed by atoms with van der Waals surface area (Å²) < 4.78 is 37.7. The van der Waals surface area contributed by atoms with Crippen LogP contribution in [0.25, 0.3) is 5.57 Å². The number of halogens is 3. The van der Waals surface area contributed by atoms with Crippen LogP contribution in [0.3, 0.4) is 0 Å². The highest BCUT2D eigenvalue weighted by atomic mass is 19.4. The summed E-state index contributed by atoms with van der Waals surface area (Å²) in [7, 11) is 0. The Balaban J connectivity index is 2.39. The molecule has 0 unspecified atom stereocenters. The third-order valence-corrected chi connectivity index (χ3v) is 2.74. The van der Waals surface area contributed by atoms with Crippen LogP contribution < -0.4 is 0 Å². The molecule has 0 aliphatic heterocycles. The van der Waals surface area contributed by atoms with Crippen LogP contribution in [0.5, 0.6) is 0 Å². The van der Waals surface area contributed by atoms with E-state index in [-0.39, 0.29) is 0 Å². The van der Waals surface area contributed by atoms with Crippen molar-refractivity contribution in [1.82, 2.24) is 4.98 Å². The second-order valence-corrected chi connectivity index (χ2v) is 4.09. The monoisotopic (exact) mass is 251 g/mol. The van der Waals surface area contributed by atoms with Gasteiger partial charge in [0, 0.05) is 6.20 Å². The van der Waals surface area contributed by atoms with Crippen LogP contribution in [0.2, 0.25) is 0 Å². The normalized spacial score (nSPS) is 16.0. The maximum absolute atomic E-state index is 12.6. The zero-order valence-corrected chi connectivity index (χ0v) is 9.83. The molecule has 0 amide bonds. The molecule has 0 radical (unpaired) electrons. The first-order chi connectivity index (χ1) is 8.48. The average molecular weight is 251 g/mol. The van der Waals surface area contributed by atoms with Crippen LogP contribution in [-0.4, -0.2) is 11.2 Å². The van der Waals surface area contributed by atoms with Crippen LogP contribution in [0.15, 0.2) is 48.2 Å². The van der Waals surface area contributed by atoms with Crippen molar-refractivity contribution in [3.05, 3.63) is 59.5 Å². The Labute approximate surface area is 103 Å². The molecule has 0 atom stereocenters. The zero-order valence-electron chi connectivity index (χ0n) is 9.83. The summed E-state index contributed by atoms with van der Waals surface area (Å²) >= 11 is 0. The van der Waals surface area contributed by atoms with Crippen molar-refractivity contribution in [2.45, 2.75) is 19.5 Å². The predicted molar refractivity (Wildman–Crippen MR) is 64.8 cm³/mol. The topological polar surface area (TPSA) is 12.9 Å². The van der Waals surface area contributed by atoms with Gasteiger partial charge in [-0.3, -0.25) is 4.98 Å². The second kappa shape index (κ2) is 4.80. The molecule has 18 heavy (non-hydrogen) atoms. The van der Waals surface area contributed by atoms with Gasteiger partial charge in [-0.05, 0) is 36.6 Å². The van der Waals surface area contributed by atoms with Gasteiger partial charge in [0.1, 0.15) is 0 Å². The molecule has 0 N–H and O–H groups in total. The Morgan fingerprint density at radius 2 is 2.00 bits per heavy atom. The van der Waals surface area contributed by atoms with Gasteiger partial charge >= 0.3 is 6.18 Å². The van der Waals surface area contributed by atoms with Gasteiger partial charge in [-0.15, -0.1) is 0 Å². The number of allylic oxidation sites excluding steroid dienone is 6. The highest BCUT2D eigenvalue weighted by molar-refractivity contribution is 5.69. The lowest BCUT2D eigenvalue weighted by atomic mass is 10.0. The van der Waals surface area contributed by atoms with Gasteiger partial charge in [-0.25, -0.2) is 0 Å². The summed E-state index contributed by atoms with van der Waals surface area (Å²) in [5.41, 5.74) is 1.87. The largest absolute Gasteiger partial charge is 0.416 e. The van der Waals surface area contributed by atoms with Crippen LogP contribution in [-0.2, 0) is 0 Å². The molecule has 1 aromatic rings. The van der Waals surface area contributed by atoms with Crippen LogP contribution in [0, 0.1) is 6.92 Å². The van der Waals surface area contributed by atoms with Gasteiger partial charge in [-0.2, -0.15) is 13.2 Å². The van der Waals surface area contributed by atoms with Crippen LogP contribution in [0.4, 0.5) is 13.2 Å². The number of rotatable bonds is 1. The first-order valence-electron chi connectivity index (χ1n) is 5.55. The predicted octanol–water partition coefficient (Wildman–Crippen LogP) is 4.22. The Morgan fingerprint density at radius 3 is 2.67 bits per heavy atom. The fourth-order valence-electron chi connectivity index (χ4n) is 1.81. The van der Waals surface area contributed by atoms with Gasteiger partial charge in [0.2, 0.25) is 0 Å². The minimum atomic E-state index is -4.30. The van der Waals surface area contributed by atoms with E-state index >= 15 is 0 Å². The summed E-state index contributed by atoms with van der Waals surface area (Å²) in [6.45, 7) is 1.90. The number of alkyl halides is 3. The molecule has 1 aliphatic rings. The molecule has 1 aromatic heterocycles. The fourth-order valence-corrected chi connectivity index (χ4v) is 1.81. The number of pyridine rings is 1. The average Bonchev–Trinajstić information content (AvgIpc) is 2.54. The molecule has 0 saturated heterocycles. The standard InChI is InChI=1S/C14H12F3N/c1-10-4-3-9-18-13(10)11-5-2-6-12(8-7-11)14(15,16)17/h2-4,6-9H,5H2,1H3. The summed E-state index contributed by atoms with van der Waals surface area (Å²) in [5, 5.41) is 0. The molecule has 4 heteroatoms. The number of hydrogen-bond acceptors (Lipinski definition) is 1. The van der Waals surface area contributed by atoms with Crippen molar-refractivity contribution >= 4 is 5.57 Å². The van der Waals surface area contributed by atoms with Gasteiger partial charge in [0.25, 0.3) is 0 Å². The van der Waals surface area contributed by atoms with Crippen molar-refractivity contribution in [3.8, 4) is 0 Å². The van der Waals surface area contributed by atoms with E-state index in [4.69, 9.17) is 0 Å². The van der Waals surface area contributed by atoms with Crippen molar-refractivity contribution in [3.63, 3.8) is 0 Å². The van der Waals surface area contributed by atoms with Gasteiger partial charge < -0.3 is 0 Å². The zero-order chi connectivity index (χ0) is 13.2. The van der Waals surface area contributed by atoms with Crippen molar-refractivity contribution in [1.29, 1.82) is 0 Å². The van der Waals surface area contributed by atoms with E-state index in [9.17, 15) is 13.2 Å². The van der Waals surface area contributed by atoms with E-state index in [0.29, 0.717) is 6.42 Å². The summed E-state index contributed by atoms with van der Waals surface area (Å²) in [6, 6.07) is 3.70. The molecular weight excluding hydrogens is 239 g/mol. The number of hydrogen-bond donors (Lipinski definition) is 0. The van der Waals surface area contributed by atoms with E-state index in [1.807, 2.05) is 19.1 Å². The lowest BCUT2D eigenvalue weighted by Crippen LogP contribution is -2.09. The summed E-state index contributed by atoms with van der Waals surface area (Å²) in [6.07, 6.45) is 3.03. The Morgan fingerprint density at radius 1 is 1.22 bits per heavy atom.